The standard InChI is InChI=1S/C11H16N2O2/c1-8-4-11(2,3)5-9(12-6-14)10(8)13-7-15/h8-10H,4-5H2,1-3H3. The second kappa shape index (κ2) is 4.52. The average molecular weight is 208 g/mol. The van der Waals surface area contributed by atoms with Crippen molar-refractivity contribution in [1.82, 2.24) is 0 Å². The monoisotopic (exact) mass is 208 g/mol. The van der Waals surface area contributed by atoms with Gasteiger partial charge in [0.2, 0.25) is 12.2 Å². The lowest BCUT2D eigenvalue weighted by Gasteiger charge is -2.40. The highest BCUT2D eigenvalue weighted by molar-refractivity contribution is 5.36. The number of hydrogen-bond donors (Lipinski definition) is 0. The van der Waals surface area contributed by atoms with E-state index in [1.54, 1.807) is 12.2 Å². The van der Waals surface area contributed by atoms with Gasteiger partial charge in [0, 0.05) is 0 Å². The van der Waals surface area contributed by atoms with Crippen molar-refractivity contribution in [2.24, 2.45) is 21.3 Å². The molecule has 0 N–H and O–H groups in total. The van der Waals surface area contributed by atoms with E-state index in [1.807, 2.05) is 6.92 Å². The minimum Gasteiger partial charge on any atom is -0.211 e. The third-order valence-electron chi connectivity index (χ3n) is 3.03. The zero-order chi connectivity index (χ0) is 11.5. The summed E-state index contributed by atoms with van der Waals surface area (Å²) in [5.74, 6) is 0.247. The van der Waals surface area contributed by atoms with Crippen LogP contribution >= 0.6 is 0 Å². The Kier molecular flexibility index (Phi) is 3.57. The Morgan fingerprint density at radius 2 is 1.73 bits per heavy atom. The fourth-order valence-corrected chi connectivity index (χ4v) is 2.61. The van der Waals surface area contributed by atoms with Crippen LogP contribution in [0.3, 0.4) is 0 Å². The molecule has 0 spiro atoms. The minimum atomic E-state index is -0.220. The summed E-state index contributed by atoms with van der Waals surface area (Å²) in [5, 5.41) is 0. The van der Waals surface area contributed by atoms with Crippen LogP contribution in [0.25, 0.3) is 0 Å². The summed E-state index contributed by atoms with van der Waals surface area (Å²) in [6, 6.07) is -0.431. The van der Waals surface area contributed by atoms with Gasteiger partial charge in [-0.05, 0) is 24.2 Å². The molecular formula is C11H16N2O2. The van der Waals surface area contributed by atoms with Gasteiger partial charge in [0.05, 0.1) is 12.1 Å². The molecule has 0 aromatic rings. The molecule has 0 aromatic heterocycles. The molecule has 1 rings (SSSR count). The van der Waals surface area contributed by atoms with Crippen LogP contribution in [0.2, 0.25) is 0 Å². The Morgan fingerprint density at radius 3 is 2.27 bits per heavy atom. The fourth-order valence-electron chi connectivity index (χ4n) is 2.61. The molecule has 4 heteroatoms. The van der Waals surface area contributed by atoms with E-state index < -0.39 is 0 Å². The maximum Gasteiger partial charge on any atom is 0.235 e. The van der Waals surface area contributed by atoms with Crippen LogP contribution in [0.1, 0.15) is 33.6 Å². The molecule has 3 atom stereocenters. The molecule has 1 saturated carbocycles. The summed E-state index contributed by atoms with van der Waals surface area (Å²) in [4.78, 5) is 28.1. The van der Waals surface area contributed by atoms with Crippen molar-refractivity contribution >= 4 is 12.2 Å². The number of hydrogen-bond acceptors (Lipinski definition) is 4. The Labute approximate surface area is 89.5 Å². The van der Waals surface area contributed by atoms with Crippen LogP contribution in [-0.2, 0) is 9.59 Å². The van der Waals surface area contributed by atoms with Crippen LogP contribution < -0.4 is 0 Å². The largest absolute Gasteiger partial charge is 0.235 e. The first-order chi connectivity index (χ1) is 7.00. The molecule has 0 saturated heterocycles. The third-order valence-corrected chi connectivity index (χ3v) is 3.03. The second-order valence-corrected chi connectivity index (χ2v) is 5.05. The summed E-state index contributed by atoms with van der Waals surface area (Å²) >= 11 is 0. The first kappa shape index (κ1) is 11.8. The molecule has 15 heavy (non-hydrogen) atoms. The maximum absolute atomic E-state index is 10.3. The van der Waals surface area contributed by atoms with E-state index in [2.05, 4.69) is 23.8 Å². The normalized spacial score (nSPS) is 33.7. The van der Waals surface area contributed by atoms with Crippen LogP contribution in [0.15, 0.2) is 9.98 Å². The summed E-state index contributed by atoms with van der Waals surface area (Å²) in [6.45, 7) is 6.30. The average Bonchev–Trinajstić information content (AvgIpc) is 2.10. The van der Waals surface area contributed by atoms with E-state index in [4.69, 9.17) is 0 Å². The van der Waals surface area contributed by atoms with Crippen LogP contribution in [0.4, 0.5) is 0 Å². The van der Waals surface area contributed by atoms with Crippen molar-refractivity contribution < 1.29 is 9.59 Å². The molecule has 82 valence electrons. The molecule has 0 aliphatic heterocycles. The minimum absolute atomic E-state index is 0.138. The van der Waals surface area contributed by atoms with Crippen LogP contribution in [0, 0.1) is 11.3 Å². The van der Waals surface area contributed by atoms with Gasteiger partial charge in [-0.3, -0.25) is 0 Å². The molecule has 3 unspecified atom stereocenters. The highest BCUT2D eigenvalue weighted by Crippen LogP contribution is 2.40. The van der Waals surface area contributed by atoms with Gasteiger partial charge in [-0.15, -0.1) is 0 Å². The molecule has 0 bridgehead atoms. The van der Waals surface area contributed by atoms with Crippen molar-refractivity contribution in [3.8, 4) is 0 Å². The SMILES string of the molecule is CC1CC(C)(C)CC(N=C=O)C1N=C=O. The third kappa shape index (κ3) is 2.85. The van der Waals surface area contributed by atoms with Crippen molar-refractivity contribution in [3.63, 3.8) is 0 Å². The van der Waals surface area contributed by atoms with Gasteiger partial charge in [-0.25, -0.2) is 14.6 Å². The molecular weight excluding hydrogens is 192 g/mol. The van der Waals surface area contributed by atoms with Gasteiger partial charge in [0.25, 0.3) is 0 Å². The van der Waals surface area contributed by atoms with E-state index >= 15 is 0 Å². The predicted octanol–water partition coefficient (Wildman–Crippen LogP) is 1.85. The Balaban J connectivity index is 2.94. The van der Waals surface area contributed by atoms with Gasteiger partial charge in [0.15, 0.2) is 0 Å². The first-order valence-corrected chi connectivity index (χ1v) is 5.14. The summed E-state index contributed by atoms with van der Waals surface area (Å²) in [7, 11) is 0. The number of isocyanates is 2. The van der Waals surface area contributed by atoms with E-state index in [9.17, 15) is 9.59 Å². The van der Waals surface area contributed by atoms with Crippen LogP contribution in [0.5, 0.6) is 0 Å². The van der Waals surface area contributed by atoms with Crippen molar-refractivity contribution in [2.75, 3.05) is 0 Å². The van der Waals surface area contributed by atoms with Gasteiger partial charge >= 0.3 is 0 Å². The van der Waals surface area contributed by atoms with Gasteiger partial charge in [-0.1, -0.05) is 20.8 Å². The number of rotatable bonds is 2. The summed E-state index contributed by atoms with van der Waals surface area (Å²) < 4.78 is 0. The molecule has 1 aliphatic carbocycles. The molecule has 0 radical (unpaired) electrons. The number of nitrogens with zero attached hydrogens (tertiary/aromatic N) is 2. The number of carbonyl (C=O) groups excluding carboxylic acids is 2. The highest BCUT2D eigenvalue weighted by atomic mass is 16.1. The zero-order valence-electron chi connectivity index (χ0n) is 9.36. The van der Waals surface area contributed by atoms with Gasteiger partial charge in [-0.2, -0.15) is 4.99 Å². The second-order valence-electron chi connectivity index (χ2n) is 5.05. The molecule has 0 aromatic carbocycles. The topological polar surface area (TPSA) is 58.9 Å². The van der Waals surface area contributed by atoms with E-state index in [-0.39, 0.29) is 23.4 Å². The lowest BCUT2D eigenvalue weighted by molar-refractivity contribution is 0.148. The van der Waals surface area contributed by atoms with E-state index in [0.29, 0.717) is 0 Å². The van der Waals surface area contributed by atoms with Crippen LogP contribution in [-0.4, -0.2) is 24.2 Å². The van der Waals surface area contributed by atoms with E-state index in [0.717, 1.165) is 12.8 Å². The molecule has 0 heterocycles. The predicted molar refractivity (Wildman–Crippen MR) is 56.0 cm³/mol. The first-order valence-electron chi connectivity index (χ1n) is 5.14. The maximum atomic E-state index is 10.3. The number of aliphatic imine (C=N–C) groups is 2. The lowest BCUT2D eigenvalue weighted by atomic mass is 9.68. The molecule has 1 fully saturated rings. The van der Waals surface area contributed by atoms with Crippen molar-refractivity contribution in [2.45, 2.75) is 45.7 Å². The molecule has 1 aliphatic rings. The highest BCUT2D eigenvalue weighted by Gasteiger charge is 2.39. The Morgan fingerprint density at radius 1 is 1.13 bits per heavy atom. The van der Waals surface area contributed by atoms with E-state index in [1.165, 1.54) is 0 Å². The molecule has 0 amide bonds. The lowest BCUT2D eigenvalue weighted by Crippen LogP contribution is -2.41. The fraction of sp³-hybridized carbons (Fsp3) is 0.818. The van der Waals surface area contributed by atoms with Gasteiger partial charge < -0.3 is 0 Å². The summed E-state index contributed by atoms with van der Waals surface area (Å²) in [5.41, 5.74) is 0.138. The Hall–Kier alpha value is -1.24. The Bertz CT molecular complexity index is 325. The van der Waals surface area contributed by atoms with Crippen molar-refractivity contribution in [3.05, 3.63) is 0 Å². The smallest absolute Gasteiger partial charge is 0.211 e. The van der Waals surface area contributed by atoms with Crippen molar-refractivity contribution in [1.29, 1.82) is 0 Å². The summed E-state index contributed by atoms with van der Waals surface area (Å²) in [6.07, 6.45) is 4.88. The quantitative estimate of drug-likeness (QED) is 0.513. The molecule has 4 nitrogen and oxygen atoms in total. The van der Waals surface area contributed by atoms with Gasteiger partial charge in [0.1, 0.15) is 0 Å². The zero-order valence-corrected chi connectivity index (χ0v) is 9.36.